The number of aromatic hydroxyl groups is 1. The molecular weight excluding hydrogens is 459 g/mol. The average molecular weight is 471 g/mol. The number of urea groups is 1. The Bertz CT molecular complexity index is 1360. The first-order valence-corrected chi connectivity index (χ1v) is 9.71. The quantitative estimate of drug-likeness (QED) is 0.272. The minimum atomic E-state index is -0.735. The summed E-state index contributed by atoms with van der Waals surface area (Å²) in [6.45, 7) is 0. The Labute approximate surface area is 190 Å². The van der Waals surface area contributed by atoms with E-state index in [1.807, 2.05) is 0 Å². The molecule has 32 heavy (non-hydrogen) atoms. The number of benzene rings is 2. The van der Waals surface area contributed by atoms with Gasteiger partial charge in [0.25, 0.3) is 5.69 Å². The highest BCUT2D eigenvalue weighted by Crippen LogP contribution is 2.36. The predicted octanol–water partition coefficient (Wildman–Crippen LogP) is 5.26. The Kier molecular flexibility index (Phi) is 5.71. The van der Waals surface area contributed by atoms with Crippen molar-refractivity contribution in [3.05, 3.63) is 74.9 Å². The number of phenolic OH excluding ortho intramolecular Hbond substituents is 1. The number of anilines is 2. The molecule has 0 unspecified atom stereocenters. The van der Waals surface area contributed by atoms with Gasteiger partial charge in [0.05, 0.1) is 26.9 Å². The number of nitrogens with one attached hydrogen (secondary N) is 2. The van der Waals surface area contributed by atoms with E-state index in [1.54, 1.807) is 18.2 Å². The molecule has 0 atom stereocenters. The van der Waals surface area contributed by atoms with Crippen LogP contribution in [0.2, 0.25) is 10.0 Å². The van der Waals surface area contributed by atoms with Crippen LogP contribution in [0.3, 0.4) is 0 Å². The largest absolute Gasteiger partial charge is 0.505 e. The number of hydrogen-bond donors (Lipinski definition) is 3. The molecule has 2 aromatic carbocycles. The topological polar surface area (TPSA) is 143 Å². The minimum absolute atomic E-state index is 0.0326. The SMILES string of the molecule is O=C(Nc1cnc2ccc(-c3cc(Cl)c(O)c(Cl)c3)nc2n1)Nc1ccccc1[N+](=O)[O-]. The van der Waals surface area contributed by atoms with E-state index in [2.05, 4.69) is 25.6 Å². The van der Waals surface area contributed by atoms with Gasteiger partial charge in [0.1, 0.15) is 11.2 Å². The maximum absolute atomic E-state index is 12.3. The number of carbonyl (C=O) groups is 1. The van der Waals surface area contributed by atoms with Crippen molar-refractivity contribution in [2.24, 2.45) is 0 Å². The lowest BCUT2D eigenvalue weighted by molar-refractivity contribution is -0.383. The molecule has 2 aromatic heterocycles. The van der Waals surface area contributed by atoms with Crippen molar-refractivity contribution in [1.82, 2.24) is 15.0 Å². The van der Waals surface area contributed by atoms with Crippen LogP contribution in [-0.4, -0.2) is 31.0 Å². The molecule has 0 spiro atoms. The van der Waals surface area contributed by atoms with Crippen molar-refractivity contribution in [1.29, 1.82) is 0 Å². The molecule has 0 radical (unpaired) electrons. The van der Waals surface area contributed by atoms with Crippen molar-refractivity contribution in [2.75, 3.05) is 10.6 Å². The van der Waals surface area contributed by atoms with E-state index in [1.165, 1.54) is 36.5 Å². The van der Waals surface area contributed by atoms with Gasteiger partial charge < -0.3 is 10.4 Å². The summed E-state index contributed by atoms with van der Waals surface area (Å²) in [6.07, 6.45) is 1.33. The van der Waals surface area contributed by atoms with E-state index in [0.29, 0.717) is 16.8 Å². The Hall–Kier alpha value is -4.02. The van der Waals surface area contributed by atoms with Crippen molar-refractivity contribution in [2.45, 2.75) is 0 Å². The molecule has 0 saturated heterocycles. The smallest absolute Gasteiger partial charge is 0.325 e. The van der Waals surface area contributed by atoms with E-state index in [0.717, 1.165) is 0 Å². The maximum Gasteiger partial charge on any atom is 0.325 e. The summed E-state index contributed by atoms with van der Waals surface area (Å²) in [5, 5.41) is 25.8. The van der Waals surface area contributed by atoms with E-state index >= 15 is 0 Å². The van der Waals surface area contributed by atoms with Gasteiger partial charge in [-0.05, 0) is 30.3 Å². The summed E-state index contributed by atoms with van der Waals surface area (Å²) in [4.78, 5) is 35.7. The van der Waals surface area contributed by atoms with Crippen molar-refractivity contribution in [3.63, 3.8) is 0 Å². The highest BCUT2D eigenvalue weighted by atomic mass is 35.5. The fourth-order valence-electron chi connectivity index (χ4n) is 2.84. The lowest BCUT2D eigenvalue weighted by Gasteiger charge is -2.09. The molecular formula is C20H12Cl2N6O4. The average Bonchev–Trinajstić information content (AvgIpc) is 2.76. The van der Waals surface area contributed by atoms with Crippen LogP contribution >= 0.6 is 23.2 Å². The molecule has 0 aliphatic heterocycles. The molecule has 0 saturated carbocycles. The van der Waals surface area contributed by atoms with E-state index < -0.39 is 11.0 Å². The highest BCUT2D eigenvalue weighted by molar-refractivity contribution is 6.37. The monoisotopic (exact) mass is 470 g/mol. The molecule has 2 amide bonds. The lowest BCUT2D eigenvalue weighted by Crippen LogP contribution is -2.21. The Balaban J connectivity index is 1.59. The van der Waals surface area contributed by atoms with Crippen LogP contribution in [0.5, 0.6) is 5.75 Å². The second-order valence-electron chi connectivity index (χ2n) is 6.44. The van der Waals surface area contributed by atoms with Crippen molar-refractivity contribution >= 4 is 57.6 Å². The summed E-state index contributed by atoms with van der Waals surface area (Å²) < 4.78 is 0. The van der Waals surface area contributed by atoms with Gasteiger partial charge in [-0.15, -0.1) is 0 Å². The zero-order valence-corrected chi connectivity index (χ0v) is 17.4. The third kappa shape index (κ3) is 4.36. The van der Waals surface area contributed by atoms with Crippen LogP contribution in [0.25, 0.3) is 22.4 Å². The summed E-state index contributed by atoms with van der Waals surface area (Å²) in [7, 11) is 0. The lowest BCUT2D eigenvalue weighted by atomic mass is 10.1. The van der Waals surface area contributed by atoms with Crippen LogP contribution < -0.4 is 10.6 Å². The van der Waals surface area contributed by atoms with E-state index in [4.69, 9.17) is 23.2 Å². The number of amides is 2. The van der Waals surface area contributed by atoms with Crippen LogP contribution in [-0.2, 0) is 0 Å². The predicted molar refractivity (Wildman–Crippen MR) is 120 cm³/mol. The van der Waals surface area contributed by atoms with Gasteiger partial charge in [-0.25, -0.2) is 19.7 Å². The van der Waals surface area contributed by atoms with Gasteiger partial charge >= 0.3 is 6.03 Å². The number of hydrogen-bond acceptors (Lipinski definition) is 7. The number of nitrogens with zero attached hydrogens (tertiary/aromatic N) is 4. The molecule has 0 aliphatic rings. The van der Waals surface area contributed by atoms with Gasteiger partial charge in [0.15, 0.2) is 17.2 Å². The maximum atomic E-state index is 12.3. The van der Waals surface area contributed by atoms with E-state index in [9.17, 15) is 20.0 Å². The molecule has 3 N–H and O–H groups in total. The number of para-hydroxylation sites is 2. The minimum Gasteiger partial charge on any atom is -0.505 e. The van der Waals surface area contributed by atoms with Gasteiger partial charge in [-0.1, -0.05) is 35.3 Å². The van der Waals surface area contributed by atoms with Crippen LogP contribution in [0.15, 0.2) is 54.7 Å². The zero-order chi connectivity index (χ0) is 22.8. The summed E-state index contributed by atoms with van der Waals surface area (Å²) in [5.41, 5.74) is 1.50. The Morgan fingerprint density at radius 1 is 1.03 bits per heavy atom. The van der Waals surface area contributed by atoms with Crippen LogP contribution in [0.1, 0.15) is 0 Å². The molecule has 10 nitrogen and oxygen atoms in total. The molecule has 4 rings (SSSR count). The number of nitro benzene ring substituents is 1. The molecule has 0 aliphatic carbocycles. The summed E-state index contributed by atoms with van der Waals surface area (Å²) >= 11 is 12.0. The molecule has 160 valence electrons. The number of nitro groups is 1. The molecule has 4 aromatic rings. The summed E-state index contributed by atoms with van der Waals surface area (Å²) in [5.74, 6) is -0.145. The van der Waals surface area contributed by atoms with Gasteiger partial charge in [-0.2, -0.15) is 0 Å². The van der Waals surface area contributed by atoms with Crippen LogP contribution in [0, 0.1) is 10.1 Å². The Morgan fingerprint density at radius 2 is 1.75 bits per heavy atom. The molecule has 0 bridgehead atoms. The fraction of sp³-hybridized carbons (Fsp3) is 0. The number of carbonyl (C=O) groups excluding carboxylic acids is 1. The number of pyridine rings is 1. The van der Waals surface area contributed by atoms with Crippen molar-refractivity contribution < 1.29 is 14.8 Å². The molecule has 0 fully saturated rings. The van der Waals surface area contributed by atoms with Gasteiger partial charge in [0.2, 0.25) is 0 Å². The zero-order valence-electron chi connectivity index (χ0n) is 15.9. The first-order valence-electron chi connectivity index (χ1n) is 8.95. The normalized spacial score (nSPS) is 10.7. The standard InChI is InChI=1S/C20H12Cl2N6O4/c21-11-7-10(8-12(22)18(11)29)13-5-6-15-19(24-13)26-17(9-23-15)27-20(30)25-14-3-1-2-4-16(14)28(31)32/h1-9,29H,(H2,24,25,26,27,30). The molecule has 12 heteroatoms. The highest BCUT2D eigenvalue weighted by Gasteiger charge is 2.16. The van der Waals surface area contributed by atoms with Crippen molar-refractivity contribution in [3.8, 4) is 17.0 Å². The van der Waals surface area contributed by atoms with Gasteiger partial charge in [0, 0.05) is 11.6 Å². The number of aromatic nitrogens is 3. The number of rotatable bonds is 4. The number of halogens is 2. The Morgan fingerprint density at radius 3 is 2.47 bits per heavy atom. The van der Waals surface area contributed by atoms with E-state index in [-0.39, 0.29) is 38.6 Å². The second-order valence-corrected chi connectivity index (χ2v) is 7.25. The number of phenols is 1. The number of fused-ring (bicyclic) bond motifs is 1. The first kappa shape index (κ1) is 21.2. The summed E-state index contributed by atoms with van der Waals surface area (Å²) in [6, 6.07) is 11.4. The third-order valence-corrected chi connectivity index (χ3v) is 4.89. The van der Waals surface area contributed by atoms with Crippen LogP contribution in [0.4, 0.5) is 22.0 Å². The molecule has 2 heterocycles. The van der Waals surface area contributed by atoms with Gasteiger partial charge in [-0.3, -0.25) is 15.4 Å². The third-order valence-electron chi connectivity index (χ3n) is 4.31. The first-order chi connectivity index (χ1) is 15.3. The second kappa shape index (κ2) is 8.61. The fourth-order valence-corrected chi connectivity index (χ4v) is 3.33.